The van der Waals surface area contributed by atoms with E-state index in [2.05, 4.69) is 11.7 Å². The zero-order chi connectivity index (χ0) is 17.6. The van der Waals surface area contributed by atoms with Crippen LogP contribution in [0.3, 0.4) is 0 Å². The van der Waals surface area contributed by atoms with Crippen molar-refractivity contribution in [2.24, 2.45) is 17.4 Å². The van der Waals surface area contributed by atoms with Gasteiger partial charge < -0.3 is 21.3 Å². The molecule has 0 amide bonds. The normalized spacial score (nSPS) is 25.2. The van der Waals surface area contributed by atoms with Crippen LogP contribution in [0.25, 0.3) is 0 Å². The summed E-state index contributed by atoms with van der Waals surface area (Å²) in [5, 5.41) is 9.09. The molecule has 132 valence electrons. The van der Waals surface area contributed by atoms with E-state index in [1.54, 1.807) is 0 Å². The number of carbonyl (C=O) groups excluding carboxylic acids is 2. The van der Waals surface area contributed by atoms with Gasteiger partial charge >= 0.3 is 11.9 Å². The Hall–Kier alpha value is -1.12. The first-order valence-corrected chi connectivity index (χ1v) is 8.77. The van der Waals surface area contributed by atoms with Gasteiger partial charge in [-0.1, -0.05) is 19.8 Å². The molecule has 1 aliphatic carbocycles. The number of thioether (sulfide) groups is 1. The number of hydrogen-bond acceptors (Lipinski definition) is 7. The predicted octanol–water partition coefficient (Wildman–Crippen LogP) is 0.540. The lowest BCUT2D eigenvalue weighted by Gasteiger charge is -2.32. The Balaban J connectivity index is 2.82. The van der Waals surface area contributed by atoms with E-state index in [1.807, 2.05) is 0 Å². The second-order valence-electron chi connectivity index (χ2n) is 6.14. The second-order valence-corrected chi connectivity index (χ2v) is 7.37. The molecule has 0 spiro atoms. The number of ether oxygens (including phenoxy) is 1. The maximum atomic E-state index is 12.4. The smallest absolute Gasteiger partial charge is 0.334 e. The molecule has 1 fully saturated rings. The Labute approximate surface area is 140 Å². The fraction of sp³-hybridized carbons (Fsp3) is 0.800. The summed E-state index contributed by atoms with van der Waals surface area (Å²) in [6.07, 6.45) is 3.85. The van der Waals surface area contributed by atoms with Crippen LogP contribution in [-0.4, -0.2) is 52.5 Å². The van der Waals surface area contributed by atoms with Crippen LogP contribution in [0, 0.1) is 5.92 Å². The molecule has 1 saturated carbocycles. The largest absolute Gasteiger partial charge is 0.481 e. The van der Waals surface area contributed by atoms with Crippen molar-refractivity contribution in [3.05, 3.63) is 0 Å². The summed E-state index contributed by atoms with van der Waals surface area (Å²) in [5.41, 5.74) is 9.71. The van der Waals surface area contributed by atoms with Gasteiger partial charge in [-0.05, 0) is 18.8 Å². The third-order valence-electron chi connectivity index (χ3n) is 4.28. The molecule has 0 radical (unpaired) electrons. The number of esters is 1. The molecular formula is C15H26N2O5S. The molecule has 23 heavy (non-hydrogen) atoms. The number of nitrogens with two attached hydrogens (primary N) is 2. The molecule has 0 aromatic heterocycles. The number of ketones is 1. The lowest BCUT2D eigenvalue weighted by Crippen LogP contribution is -2.63. The number of carbonyl (C=O) groups is 3. The maximum Gasteiger partial charge on any atom is 0.334 e. The van der Waals surface area contributed by atoms with Crippen molar-refractivity contribution < 1.29 is 24.2 Å². The molecule has 0 aliphatic heterocycles. The van der Waals surface area contributed by atoms with Crippen molar-refractivity contribution in [3.63, 3.8) is 0 Å². The summed E-state index contributed by atoms with van der Waals surface area (Å²) in [5.74, 6) is -2.35. The average molecular weight is 346 g/mol. The zero-order valence-corrected chi connectivity index (χ0v) is 14.4. The quantitative estimate of drug-likeness (QED) is 0.428. The number of methoxy groups -OCH3 is 1. The number of carboxylic acids is 1. The van der Waals surface area contributed by atoms with Crippen LogP contribution in [0.2, 0.25) is 0 Å². The number of carboxylic acid groups (broad SMARTS) is 1. The maximum absolute atomic E-state index is 12.4. The van der Waals surface area contributed by atoms with Gasteiger partial charge in [0.2, 0.25) is 0 Å². The Bertz CT molecular complexity index is 459. The van der Waals surface area contributed by atoms with E-state index in [0.29, 0.717) is 11.2 Å². The third kappa shape index (κ3) is 5.19. The number of aliphatic carboxylic acids is 1. The van der Waals surface area contributed by atoms with E-state index in [9.17, 15) is 14.4 Å². The van der Waals surface area contributed by atoms with Crippen LogP contribution in [-0.2, 0) is 19.1 Å². The summed E-state index contributed by atoms with van der Waals surface area (Å²) in [6, 6.07) is -1.33. The van der Waals surface area contributed by atoms with E-state index in [1.165, 1.54) is 18.2 Å². The van der Waals surface area contributed by atoms with Gasteiger partial charge in [-0.25, -0.2) is 4.79 Å². The lowest BCUT2D eigenvalue weighted by atomic mass is 9.90. The van der Waals surface area contributed by atoms with E-state index in [0.717, 1.165) is 26.4 Å². The second kappa shape index (κ2) is 8.65. The summed E-state index contributed by atoms with van der Waals surface area (Å²) in [4.78, 5) is 35.2. The minimum absolute atomic E-state index is 0.0425. The summed E-state index contributed by atoms with van der Waals surface area (Å²) in [6.45, 7) is 2.14. The Morgan fingerprint density at radius 2 is 1.96 bits per heavy atom. The molecule has 5 N–H and O–H groups in total. The predicted molar refractivity (Wildman–Crippen MR) is 88.0 cm³/mol. The van der Waals surface area contributed by atoms with Crippen molar-refractivity contribution in [1.29, 1.82) is 0 Å². The number of rotatable bonds is 8. The van der Waals surface area contributed by atoms with Crippen LogP contribution >= 0.6 is 11.8 Å². The fourth-order valence-corrected chi connectivity index (χ4v) is 4.33. The first kappa shape index (κ1) is 19.9. The molecule has 0 bridgehead atoms. The molecule has 4 atom stereocenters. The highest BCUT2D eigenvalue weighted by Gasteiger charge is 2.46. The minimum Gasteiger partial charge on any atom is -0.481 e. The molecule has 2 unspecified atom stereocenters. The molecule has 0 aromatic rings. The third-order valence-corrected chi connectivity index (χ3v) is 6.03. The highest BCUT2D eigenvalue weighted by atomic mass is 32.2. The van der Waals surface area contributed by atoms with E-state index < -0.39 is 35.7 Å². The monoisotopic (exact) mass is 346 g/mol. The van der Waals surface area contributed by atoms with E-state index >= 15 is 0 Å². The van der Waals surface area contributed by atoms with Crippen molar-refractivity contribution in [1.82, 2.24) is 0 Å². The van der Waals surface area contributed by atoms with E-state index in [-0.39, 0.29) is 5.75 Å². The summed E-state index contributed by atoms with van der Waals surface area (Å²) >= 11 is 1.47. The first-order valence-electron chi connectivity index (χ1n) is 7.73. The lowest BCUT2D eigenvalue weighted by molar-refractivity contribution is -0.151. The van der Waals surface area contributed by atoms with Gasteiger partial charge in [0.15, 0.2) is 11.3 Å². The Kier molecular flexibility index (Phi) is 7.50. The van der Waals surface area contributed by atoms with E-state index in [4.69, 9.17) is 16.6 Å². The van der Waals surface area contributed by atoms with Gasteiger partial charge in [-0.15, -0.1) is 0 Å². The van der Waals surface area contributed by atoms with Crippen LogP contribution in [0.5, 0.6) is 0 Å². The molecular weight excluding hydrogens is 320 g/mol. The standard InChI is InChI=1S/C15H26N2O5S/c1-9-5-3-4-6-11(9)23-8-15(17,14(21)22-2)13(20)10(16)7-12(18)19/h9-11H,3-8,16-17H2,1-2H3,(H,18,19)/t9?,10-,11?,15+/m0/s1. The first-order chi connectivity index (χ1) is 10.7. The molecule has 0 heterocycles. The Morgan fingerprint density at radius 1 is 1.35 bits per heavy atom. The van der Waals surface area contributed by atoms with Crippen LogP contribution in [0.1, 0.15) is 39.0 Å². The number of hydrogen-bond donors (Lipinski definition) is 3. The highest BCUT2D eigenvalue weighted by molar-refractivity contribution is 8.00. The van der Waals surface area contributed by atoms with Gasteiger partial charge in [0, 0.05) is 11.0 Å². The zero-order valence-electron chi connectivity index (χ0n) is 13.6. The topological polar surface area (TPSA) is 133 Å². The molecule has 1 rings (SSSR count). The minimum atomic E-state index is -1.91. The van der Waals surface area contributed by atoms with Crippen molar-refractivity contribution >= 4 is 29.5 Å². The van der Waals surface area contributed by atoms with Gasteiger partial charge in [0.1, 0.15) is 0 Å². The van der Waals surface area contributed by atoms with Crippen LogP contribution in [0.4, 0.5) is 0 Å². The fourth-order valence-electron chi connectivity index (χ4n) is 2.79. The number of Topliss-reactive ketones (excluding diaryl/α,β-unsaturated/α-hetero) is 1. The van der Waals surface area contributed by atoms with Gasteiger partial charge in [0.25, 0.3) is 0 Å². The van der Waals surface area contributed by atoms with Crippen molar-refractivity contribution in [2.75, 3.05) is 12.9 Å². The molecule has 7 nitrogen and oxygen atoms in total. The van der Waals surface area contributed by atoms with Gasteiger partial charge in [0.05, 0.1) is 19.6 Å². The summed E-state index contributed by atoms with van der Waals surface area (Å²) < 4.78 is 4.66. The molecule has 8 heteroatoms. The SMILES string of the molecule is COC(=O)[C@@](N)(CSC1CCCCC1C)C(=O)[C@@H](N)CC(=O)O. The molecule has 0 aromatic carbocycles. The van der Waals surface area contributed by atoms with Gasteiger partial charge in [-0.3, -0.25) is 9.59 Å². The Morgan fingerprint density at radius 3 is 2.48 bits per heavy atom. The molecule has 1 aliphatic rings. The van der Waals surface area contributed by atoms with Crippen molar-refractivity contribution in [2.45, 2.75) is 55.9 Å². The summed E-state index contributed by atoms with van der Waals surface area (Å²) in [7, 11) is 1.15. The van der Waals surface area contributed by atoms with Crippen molar-refractivity contribution in [3.8, 4) is 0 Å². The highest BCUT2D eigenvalue weighted by Crippen LogP contribution is 2.34. The average Bonchev–Trinajstić information content (AvgIpc) is 2.51. The van der Waals surface area contributed by atoms with Crippen LogP contribution < -0.4 is 11.5 Å². The molecule has 0 saturated heterocycles. The van der Waals surface area contributed by atoms with Gasteiger partial charge in [-0.2, -0.15) is 11.8 Å². The van der Waals surface area contributed by atoms with Crippen LogP contribution in [0.15, 0.2) is 0 Å².